The Hall–Kier alpha value is -0.0800. The monoisotopic (exact) mass is 241 g/mol. The van der Waals surface area contributed by atoms with Crippen molar-refractivity contribution in [2.45, 2.75) is 90.4 Å². The van der Waals surface area contributed by atoms with Crippen molar-refractivity contribution in [2.75, 3.05) is 6.54 Å². The number of rotatable bonds is 6. The molecular weight excluding hydrogens is 210 g/mol. The van der Waals surface area contributed by atoms with Crippen LogP contribution in [-0.4, -0.2) is 23.3 Å². The molecule has 17 heavy (non-hydrogen) atoms. The van der Waals surface area contributed by atoms with Crippen molar-refractivity contribution in [1.82, 2.24) is 5.32 Å². The second kappa shape index (κ2) is 5.27. The topological polar surface area (TPSA) is 21.3 Å². The van der Waals surface area contributed by atoms with E-state index in [4.69, 9.17) is 4.74 Å². The summed E-state index contributed by atoms with van der Waals surface area (Å²) in [7, 11) is 0. The van der Waals surface area contributed by atoms with Gasteiger partial charge in [-0.15, -0.1) is 0 Å². The van der Waals surface area contributed by atoms with Crippen molar-refractivity contribution in [3.8, 4) is 0 Å². The Morgan fingerprint density at radius 3 is 2.06 bits per heavy atom. The molecule has 0 saturated heterocycles. The van der Waals surface area contributed by atoms with Crippen LogP contribution in [0.4, 0.5) is 0 Å². The highest BCUT2D eigenvalue weighted by Crippen LogP contribution is 2.42. The molecule has 0 radical (unpaired) electrons. The third kappa shape index (κ3) is 4.97. The minimum absolute atomic E-state index is 0.0299. The summed E-state index contributed by atoms with van der Waals surface area (Å²) in [4.78, 5) is 0. The largest absolute Gasteiger partial charge is 0.369 e. The molecule has 0 atom stereocenters. The summed E-state index contributed by atoms with van der Waals surface area (Å²) in [6.07, 6.45) is 6.04. The lowest BCUT2D eigenvalue weighted by molar-refractivity contribution is -0.182. The van der Waals surface area contributed by atoms with Crippen LogP contribution in [0.15, 0.2) is 0 Å². The van der Waals surface area contributed by atoms with Gasteiger partial charge >= 0.3 is 0 Å². The Morgan fingerprint density at radius 1 is 1.12 bits per heavy atom. The molecule has 1 fully saturated rings. The fraction of sp³-hybridized carbons (Fsp3) is 1.00. The van der Waals surface area contributed by atoms with E-state index in [1.807, 2.05) is 0 Å². The van der Waals surface area contributed by atoms with Crippen molar-refractivity contribution in [1.29, 1.82) is 0 Å². The van der Waals surface area contributed by atoms with E-state index in [1.165, 1.54) is 19.3 Å². The van der Waals surface area contributed by atoms with Crippen molar-refractivity contribution >= 4 is 0 Å². The summed E-state index contributed by atoms with van der Waals surface area (Å²) < 4.78 is 6.39. The highest BCUT2D eigenvalue weighted by molar-refractivity contribution is 4.93. The van der Waals surface area contributed by atoms with E-state index in [1.54, 1.807) is 0 Å². The molecule has 0 bridgehead atoms. The van der Waals surface area contributed by atoms with E-state index in [-0.39, 0.29) is 16.7 Å². The van der Waals surface area contributed by atoms with Crippen LogP contribution in [-0.2, 0) is 4.74 Å². The third-order valence-electron chi connectivity index (χ3n) is 3.84. The zero-order valence-corrected chi connectivity index (χ0v) is 12.7. The fourth-order valence-corrected chi connectivity index (χ4v) is 2.30. The SMILES string of the molecule is CCC(C)(C)OC1(CCNC(C)(C)C)CCC1. The van der Waals surface area contributed by atoms with E-state index < -0.39 is 0 Å². The molecule has 0 amide bonds. The summed E-state index contributed by atoms with van der Waals surface area (Å²) in [5.41, 5.74) is 0.408. The fourth-order valence-electron chi connectivity index (χ4n) is 2.30. The van der Waals surface area contributed by atoms with Gasteiger partial charge < -0.3 is 10.1 Å². The van der Waals surface area contributed by atoms with Gasteiger partial charge in [0.25, 0.3) is 0 Å². The Morgan fingerprint density at radius 2 is 1.71 bits per heavy atom. The highest BCUT2D eigenvalue weighted by Gasteiger charge is 2.41. The first-order valence-corrected chi connectivity index (χ1v) is 7.13. The molecule has 2 heteroatoms. The second-order valence-corrected chi connectivity index (χ2v) is 7.18. The molecule has 0 aromatic heterocycles. The molecule has 1 rings (SSSR count). The molecule has 0 aromatic rings. The first-order chi connectivity index (χ1) is 7.68. The Bertz CT molecular complexity index is 236. The van der Waals surface area contributed by atoms with Gasteiger partial charge in [-0.1, -0.05) is 6.92 Å². The van der Waals surface area contributed by atoms with Crippen molar-refractivity contribution in [3.05, 3.63) is 0 Å². The maximum absolute atomic E-state index is 6.39. The first-order valence-electron chi connectivity index (χ1n) is 7.13. The summed E-state index contributed by atoms with van der Waals surface area (Å²) >= 11 is 0. The van der Waals surface area contributed by atoms with Gasteiger partial charge in [0.1, 0.15) is 0 Å². The number of nitrogens with one attached hydrogen (secondary N) is 1. The zero-order valence-electron chi connectivity index (χ0n) is 12.7. The number of hydrogen-bond acceptors (Lipinski definition) is 2. The first kappa shape index (κ1) is 15.0. The van der Waals surface area contributed by atoms with Gasteiger partial charge in [0.15, 0.2) is 0 Å². The summed E-state index contributed by atoms with van der Waals surface area (Å²) in [5, 5.41) is 3.57. The minimum Gasteiger partial charge on any atom is -0.369 e. The zero-order chi connectivity index (χ0) is 13.2. The normalized spacial score (nSPS) is 20.1. The van der Waals surface area contributed by atoms with Gasteiger partial charge in [0.05, 0.1) is 11.2 Å². The molecule has 1 saturated carbocycles. The average Bonchev–Trinajstić information content (AvgIpc) is 2.11. The minimum atomic E-state index is 0.0299. The van der Waals surface area contributed by atoms with Gasteiger partial charge in [-0.2, -0.15) is 0 Å². The lowest BCUT2D eigenvalue weighted by Crippen LogP contribution is -2.49. The van der Waals surface area contributed by atoms with Gasteiger partial charge in [-0.3, -0.25) is 0 Å². The lowest BCUT2D eigenvalue weighted by Gasteiger charge is -2.47. The second-order valence-electron chi connectivity index (χ2n) is 7.18. The highest BCUT2D eigenvalue weighted by atomic mass is 16.5. The average molecular weight is 241 g/mol. The molecule has 0 spiro atoms. The molecule has 1 N–H and O–H groups in total. The quantitative estimate of drug-likeness (QED) is 0.761. The van der Waals surface area contributed by atoms with Crippen LogP contribution >= 0.6 is 0 Å². The van der Waals surface area contributed by atoms with Crippen molar-refractivity contribution in [3.63, 3.8) is 0 Å². The van der Waals surface area contributed by atoms with Crippen LogP contribution in [0.2, 0.25) is 0 Å². The van der Waals surface area contributed by atoms with Crippen LogP contribution in [0.3, 0.4) is 0 Å². The summed E-state index contributed by atoms with van der Waals surface area (Å²) in [6, 6.07) is 0. The van der Waals surface area contributed by atoms with E-state index in [9.17, 15) is 0 Å². The Balaban J connectivity index is 2.42. The molecule has 1 aliphatic rings. The van der Waals surface area contributed by atoms with Gasteiger partial charge in [-0.05, 0) is 73.3 Å². The van der Waals surface area contributed by atoms with Crippen LogP contribution in [0.1, 0.15) is 73.6 Å². The maximum atomic E-state index is 6.39. The standard InChI is InChI=1S/C15H31NO/c1-7-14(5,6)17-15(9-8-10-15)11-12-16-13(2,3)4/h16H,7-12H2,1-6H3. The molecule has 0 unspecified atom stereocenters. The molecule has 102 valence electrons. The van der Waals surface area contributed by atoms with Crippen LogP contribution < -0.4 is 5.32 Å². The number of hydrogen-bond donors (Lipinski definition) is 1. The molecule has 0 aliphatic heterocycles. The maximum Gasteiger partial charge on any atom is 0.0702 e. The van der Waals surface area contributed by atoms with Crippen LogP contribution in [0.25, 0.3) is 0 Å². The summed E-state index contributed by atoms with van der Waals surface area (Å²) in [6.45, 7) is 14.4. The predicted molar refractivity (Wildman–Crippen MR) is 74.4 cm³/mol. The Labute approximate surface area is 108 Å². The van der Waals surface area contributed by atoms with E-state index >= 15 is 0 Å². The van der Waals surface area contributed by atoms with Crippen molar-refractivity contribution < 1.29 is 4.74 Å². The number of ether oxygens (including phenoxy) is 1. The van der Waals surface area contributed by atoms with Crippen LogP contribution in [0, 0.1) is 0 Å². The smallest absolute Gasteiger partial charge is 0.0702 e. The van der Waals surface area contributed by atoms with E-state index in [2.05, 4.69) is 46.9 Å². The van der Waals surface area contributed by atoms with Gasteiger partial charge in [0, 0.05) is 5.54 Å². The van der Waals surface area contributed by atoms with E-state index in [0.717, 1.165) is 19.4 Å². The molecule has 2 nitrogen and oxygen atoms in total. The molecule has 0 aromatic carbocycles. The molecule has 0 heterocycles. The summed E-state index contributed by atoms with van der Waals surface area (Å²) in [5.74, 6) is 0. The van der Waals surface area contributed by atoms with Gasteiger partial charge in [-0.25, -0.2) is 0 Å². The van der Waals surface area contributed by atoms with Crippen LogP contribution in [0.5, 0.6) is 0 Å². The van der Waals surface area contributed by atoms with Gasteiger partial charge in [0.2, 0.25) is 0 Å². The van der Waals surface area contributed by atoms with E-state index in [0.29, 0.717) is 0 Å². The Kier molecular flexibility index (Phi) is 4.65. The third-order valence-corrected chi connectivity index (χ3v) is 3.84. The van der Waals surface area contributed by atoms with Crippen molar-refractivity contribution in [2.24, 2.45) is 0 Å². The lowest BCUT2D eigenvalue weighted by atomic mass is 9.76. The predicted octanol–water partition coefficient (Wildman–Crippen LogP) is 3.89. The molecule has 1 aliphatic carbocycles. The molecular formula is C15H31NO.